The van der Waals surface area contributed by atoms with Crippen LogP contribution in [0.4, 0.5) is 4.39 Å². The average Bonchev–Trinajstić information content (AvgIpc) is 2.23. The van der Waals surface area contributed by atoms with Crippen LogP contribution >= 0.6 is 15.9 Å². The molecule has 1 aromatic rings. The first-order valence-electron chi connectivity index (χ1n) is 6.16. The summed E-state index contributed by atoms with van der Waals surface area (Å²) in [6.07, 6.45) is 2.03. The summed E-state index contributed by atoms with van der Waals surface area (Å²) in [5.74, 6) is 0.398. The van der Waals surface area contributed by atoms with Crippen LogP contribution < -0.4 is 5.32 Å². The smallest absolute Gasteiger partial charge is 0.123 e. The number of rotatable bonds is 6. The Kier molecular flexibility index (Phi) is 6.14. The molecule has 0 radical (unpaired) electrons. The summed E-state index contributed by atoms with van der Waals surface area (Å²) in [4.78, 5) is 0. The van der Waals surface area contributed by atoms with Gasteiger partial charge >= 0.3 is 0 Å². The van der Waals surface area contributed by atoms with Crippen LogP contribution in [0.15, 0.2) is 22.7 Å². The number of nitrogens with one attached hydrogen (secondary N) is 1. The second kappa shape index (κ2) is 7.12. The molecule has 96 valence electrons. The fourth-order valence-corrected chi connectivity index (χ4v) is 2.20. The zero-order valence-electron chi connectivity index (χ0n) is 10.8. The van der Waals surface area contributed by atoms with Crippen molar-refractivity contribution in [2.75, 3.05) is 6.54 Å². The van der Waals surface area contributed by atoms with Crippen LogP contribution in [0.25, 0.3) is 0 Å². The van der Waals surface area contributed by atoms with Gasteiger partial charge in [-0.1, -0.05) is 36.7 Å². The largest absolute Gasteiger partial charge is 0.315 e. The van der Waals surface area contributed by atoms with E-state index < -0.39 is 0 Å². The summed E-state index contributed by atoms with van der Waals surface area (Å²) < 4.78 is 14.1. The van der Waals surface area contributed by atoms with Gasteiger partial charge < -0.3 is 5.32 Å². The van der Waals surface area contributed by atoms with Crippen LogP contribution in [-0.2, 0) is 6.42 Å². The molecule has 1 unspecified atom stereocenters. The van der Waals surface area contributed by atoms with Gasteiger partial charge in [0, 0.05) is 10.5 Å². The van der Waals surface area contributed by atoms with Crippen LogP contribution in [0.2, 0.25) is 0 Å². The van der Waals surface area contributed by atoms with Gasteiger partial charge in [0.15, 0.2) is 0 Å². The lowest BCUT2D eigenvalue weighted by atomic mass is 9.98. The van der Waals surface area contributed by atoms with E-state index >= 15 is 0 Å². The quantitative estimate of drug-likeness (QED) is 0.832. The van der Waals surface area contributed by atoms with Crippen molar-refractivity contribution in [1.82, 2.24) is 5.32 Å². The van der Waals surface area contributed by atoms with Crippen molar-refractivity contribution >= 4 is 15.9 Å². The summed E-state index contributed by atoms with van der Waals surface area (Å²) >= 11 is 3.47. The fraction of sp³-hybridized carbons (Fsp3) is 0.571. The monoisotopic (exact) mass is 301 g/mol. The van der Waals surface area contributed by atoms with Gasteiger partial charge in [0.2, 0.25) is 0 Å². The topological polar surface area (TPSA) is 12.0 Å². The SMILES string of the molecule is CC(CCNC(C)C)Cc1cc(F)ccc1Br. The van der Waals surface area contributed by atoms with Crippen molar-refractivity contribution < 1.29 is 4.39 Å². The summed E-state index contributed by atoms with van der Waals surface area (Å²) in [6, 6.07) is 5.42. The van der Waals surface area contributed by atoms with E-state index in [0.717, 1.165) is 29.4 Å². The molecule has 0 aliphatic heterocycles. The normalized spacial score (nSPS) is 13.1. The van der Waals surface area contributed by atoms with Crippen molar-refractivity contribution in [2.24, 2.45) is 5.92 Å². The van der Waals surface area contributed by atoms with Gasteiger partial charge in [-0.05, 0) is 49.1 Å². The van der Waals surface area contributed by atoms with Gasteiger partial charge in [-0.15, -0.1) is 0 Å². The van der Waals surface area contributed by atoms with Crippen molar-refractivity contribution in [3.8, 4) is 0 Å². The van der Waals surface area contributed by atoms with E-state index in [4.69, 9.17) is 0 Å². The first kappa shape index (κ1) is 14.7. The lowest BCUT2D eigenvalue weighted by molar-refractivity contribution is 0.475. The molecule has 3 heteroatoms. The third kappa shape index (κ3) is 5.64. The molecule has 17 heavy (non-hydrogen) atoms. The predicted octanol–water partition coefficient (Wildman–Crippen LogP) is 4.15. The Bertz CT molecular complexity index is 352. The molecule has 0 amide bonds. The second-order valence-corrected chi connectivity index (χ2v) is 5.80. The molecular formula is C14H21BrFN. The predicted molar refractivity (Wildman–Crippen MR) is 74.7 cm³/mol. The first-order valence-corrected chi connectivity index (χ1v) is 6.95. The summed E-state index contributed by atoms with van der Waals surface area (Å²) in [5.41, 5.74) is 1.06. The Hall–Kier alpha value is -0.410. The number of hydrogen-bond acceptors (Lipinski definition) is 1. The highest BCUT2D eigenvalue weighted by molar-refractivity contribution is 9.10. The zero-order chi connectivity index (χ0) is 12.8. The molecule has 1 nitrogen and oxygen atoms in total. The maximum absolute atomic E-state index is 13.1. The zero-order valence-corrected chi connectivity index (χ0v) is 12.3. The van der Waals surface area contributed by atoms with E-state index in [1.165, 1.54) is 6.07 Å². The molecule has 0 bridgehead atoms. The first-order chi connectivity index (χ1) is 7.99. The van der Waals surface area contributed by atoms with E-state index in [0.29, 0.717) is 12.0 Å². The summed E-state index contributed by atoms with van der Waals surface area (Å²) in [5, 5.41) is 3.40. The molecule has 0 saturated carbocycles. The molecule has 0 aromatic heterocycles. The van der Waals surface area contributed by atoms with Gasteiger partial charge in [0.25, 0.3) is 0 Å². The highest BCUT2D eigenvalue weighted by Gasteiger charge is 2.08. The minimum absolute atomic E-state index is 0.157. The highest BCUT2D eigenvalue weighted by atomic mass is 79.9. The van der Waals surface area contributed by atoms with Crippen LogP contribution in [-0.4, -0.2) is 12.6 Å². The third-order valence-electron chi connectivity index (χ3n) is 2.77. The molecule has 1 atom stereocenters. The van der Waals surface area contributed by atoms with Crippen LogP contribution in [0, 0.1) is 11.7 Å². The van der Waals surface area contributed by atoms with E-state index in [1.54, 1.807) is 12.1 Å². The summed E-state index contributed by atoms with van der Waals surface area (Å²) in [6.45, 7) is 7.52. The Balaban J connectivity index is 2.44. The van der Waals surface area contributed by atoms with E-state index in [-0.39, 0.29) is 5.82 Å². The lowest BCUT2D eigenvalue weighted by Gasteiger charge is -2.14. The molecule has 0 saturated heterocycles. The number of halogens is 2. The molecule has 0 heterocycles. The maximum atomic E-state index is 13.1. The Morgan fingerprint density at radius 2 is 2.00 bits per heavy atom. The second-order valence-electron chi connectivity index (χ2n) is 4.94. The molecule has 1 aromatic carbocycles. The average molecular weight is 302 g/mol. The Morgan fingerprint density at radius 1 is 1.29 bits per heavy atom. The standard InChI is InChI=1S/C14H21BrFN/c1-10(2)17-7-6-11(3)8-12-9-13(16)4-5-14(12)15/h4-5,9-11,17H,6-8H2,1-3H3. The van der Waals surface area contributed by atoms with Crippen molar-refractivity contribution in [2.45, 2.75) is 39.7 Å². The molecule has 0 aliphatic carbocycles. The van der Waals surface area contributed by atoms with Gasteiger partial charge in [0.05, 0.1) is 0 Å². The minimum atomic E-state index is -0.157. The van der Waals surface area contributed by atoms with Gasteiger partial charge in [-0.25, -0.2) is 4.39 Å². The molecule has 0 aliphatic rings. The Labute approximate surface area is 112 Å². The summed E-state index contributed by atoms with van der Waals surface area (Å²) in [7, 11) is 0. The molecule has 1 rings (SSSR count). The molecule has 1 N–H and O–H groups in total. The van der Waals surface area contributed by atoms with Crippen LogP contribution in [0.5, 0.6) is 0 Å². The van der Waals surface area contributed by atoms with Crippen molar-refractivity contribution in [3.63, 3.8) is 0 Å². The lowest BCUT2D eigenvalue weighted by Crippen LogP contribution is -2.25. The number of hydrogen-bond donors (Lipinski definition) is 1. The number of benzene rings is 1. The molecule has 0 fully saturated rings. The van der Waals surface area contributed by atoms with Crippen molar-refractivity contribution in [1.29, 1.82) is 0 Å². The highest BCUT2D eigenvalue weighted by Crippen LogP contribution is 2.22. The van der Waals surface area contributed by atoms with E-state index in [2.05, 4.69) is 42.0 Å². The third-order valence-corrected chi connectivity index (χ3v) is 3.54. The van der Waals surface area contributed by atoms with Gasteiger partial charge in [0.1, 0.15) is 5.82 Å². The van der Waals surface area contributed by atoms with Crippen LogP contribution in [0.1, 0.15) is 32.8 Å². The molecular weight excluding hydrogens is 281 g/mol. The Morgan fingerprint density at radius 3 is 2.65 bits per heavy atom. The van der Waals surface area contributed by atoms with E-state index in [1.807, 2.05) is 0 Å². The van der Waals surface area contributed by atoms with E-state index in [9.17, 15) is 4.39 Å². The van der Waals surface area contributed by atoms with Crippen LogP contribution in [0.3, 0.4) is 0 Å². The molecule has 0 spiro atoms. The minimum Gasteiger partial charge on any atom is -0.315 e. The van der Waals surface area contributed by atoms with Gasteiger partial charge in [-0.2, -0.15) is 0 Å². The fourth-order valence-electron chi connectivity index (χ4n) is 1.80. The maximum Gasteiger partial charge on any atom is 0.123 e. The van der Waals surface area contributed by atoms with Crippen molar-refractivity contribution in [3.05, 3.63) is 34.1 Å². The van der Waals surface area contributed by atoms with Gasteiger partial charge in [-0.3, -0.25) is 0 Å².